The first-order valence-electron chi connectivity index (χ1n) is 6.69. The van der Waals surface area contributed by atoms with Crippen LogP contribution >= 0.6 is 0 Å². The zero-order valence-electron chi connectivity index (χ0n) is 10.9. The Morgan fingerprint density at radius 3 is 2.63 bits per heavy atom. The number of anilines is 1. The maximum Gasteiger partial charge on any atom is 0.233 e. The predicted octanol–water partition coefficient (Wildman–Crippen LogP) is 1.83. The summed E-state index contributed by atoms with van der Waals surface area (Å²) in [5.74, 6) is -0.154. The minimum absolute atomic E-state index is 0.00921. The topological polar surface area (TPSA) is 72.2 Å². The van der Waals surface area contributed by atoms with Crippen molar-refractivity contribution in [2.45, 2.75) is 43.0 Å². The normalized spacial score (nSPS) is 17.9. The monoisotopic (exact) mass is 280 g/mol. The molecule has 1 saturated carbocycles. The number of amides is 1. The average Bonchev–Trinajstić information content (AvgIpc) is 2.40. The van der Waals surface area contributed by atoms with Gasteiger partial charge in [0.15, 0.2) is 0 Å². The van der Waals surface area contributed by atoms with Crippen LogP contribution in [-0.4, -0.2) is 21.9 Å². The van der Waals surface area contributed by atoms with Crippen LogP contribution in [0.1, 0.15) is 32.1 Å². The molecule has 4 nitrogen and oxygen atoms in total. The first kappa shape index (κ1) is 14.1. The van der Waals surface area contributed by atoms with Crippen molar-refractivity contribution in [2.24, 2.45) is 0 Å². The number of benzene rings is 1. The molecule has 1 atom stereocenters. The van der Waals surface area contributed by atoms with Crippen LogP contribution in [0.2, 0.25) is 0 Å². The lowest BCUT2D eigenvalue weighted by Gasteiger charge is -2.22. The zero-order valence-corrected chi connectivity index (χ0v) is 11.7. The Bertz CT molecular complexity index is 470. The highest BCUT2D eigenvalue weighted by atomic mass is 32.2. The molecule has 0 aromatic heterocycles. The highest BCUT2D eigenvalue weighted by molar-refractivity contribution is 7.86. The molecule has 0 bridgehead atoms. The fourth-order valence-electron chi connectivity index (χ4n) is 2.40. The van der Waals surface area contributed by atoms with Gasteiger partial charge in [-0.05, 0) is 25.0 Å². The summed E-state index contributed by atoms with van der Waals surface area (Å²) in [4.78, 5) is 12.4. The van der Waals surface area contributed by atoms with E-state index >= 15 is 0 Å². The van der Waals surface area contributed by atoms with Crippen molar-refractivity contribution in [1.29, 1.82) is 0 Å². The molecule has 1 aromatic carbocycles. The van der Waals surface area contributed by atoms with Crippen molar-refractivity contribution in [3.05, 3.63) is 24.3 Å². The molecule has 19 heavy (non-hydrogen) atoms. The van der Waals surface area contributed by atoms with Gasteiger partial charge in [-0.3, -0.25) is 9.00 Å². The number of nitrogens with two attached hydrogens (primary N) is 1. The lowest BCUT2D eigenvalue weighted by Crippen LogP contribution is -2.38. The first-order chi connectivity index (χ1) is 9.16. The van der Waals surface area contributed by atoms with Gasteiger partial charge in [0, 0.05) is 11.7 Å². The van der Waals surface area contributed by atoms with Gasteiger partial charge in [0.25, 0.3) is 0 Å². The van der Waals surface area contributed by atoms with Crippen molar-refractivity contribution >= 4 is 22.4 Å². The molecule has 3 N–H and O–H groups in total. The van der Waals surface area contributed by atoms with Crippen LogP contribution in [0.4, 0.5) is 5.69 Å². The van der Waals surface area contributed by atoms with E-state index in [4.69, 9.17) is 5.73 Å². The molecule has 1 aliphatic rings. The highest BCUT2D eigenvalue weighted by Gasteiger charge is 2.18. The minimum atomic E-state index is -1.37. The average molecular weight is 280 g/mol. The molecule has 104 valence electrons. The Morgan fingerprint density at radius 2 is 1.95 bits per heavy atom. The Labute approximate surface area is 116 Å². The van der Waals surface area contributed by atoms with E-state index in [9.17, 15) is 9.00 Å². The van der Waals surface area contributed by atoms with Gasteiger partial charge in [-0.15, -0.1) is 0 Å². The lowest BCUT2D eigenvalue weighted by atomic mass is 9.95. The second kappa shape index (κ2) is 6.70. The standard InChI is InChI=1S/C14H20N2O2S/c15-12-8-4-5-9-13(12)19(18)10-14(17)16-11-6-2-1-3-7-11/h4-5,8-9,11H,1-3,6-7,10,15H2,(H,16,17). The summed E-state index contributed by atoms with van der Waals surface area (Å²) in [7, 11) is -1.37. The fourth-order valence-corrected chi connectivity index (χ4v) is 3.44. The molecular formula is C14H20N2O2S. The maximum absolute atomic E-state index is 12.1. The van der Waals surface area contributed by atoms with E-state index in [1.54, 1.807) is 24.3 Å². The van der Waals surface area contributed by atoms with Gasteiger partial charge >= 0.3 is 0 Å². The van der Waals surface area contributed by atoms with Gasteiger partial charge in [0.2, 0.25) is 5.91 Å². The van der Waals surface area contributed by atoms with Crippen LogP contribution in [0.5, 0.6) is 0 Å². The third-order valence-electron chi connectivity index (χ3n) is 3.40. The quantitative estimate of drug-likeness (QED) is 0.826. The third kappa shape index (κ3) is 4.06. The molecule has 1 amide bonds. The van der Waals surface area contributed by atoms with Gasteiger partial charge in [-0.1, -0.05) is 31.4 Å². The van der Waals surface area contributed by atoms with Gasteiger partial charge in [0.1, 0.15) is 5.75 Å². The lowest BCUT2D eigenvalue weighted by molar-refractivity contribution is -0.119. The van der Waals surface area contributed by atoms with Gasteiger partial charge in [-0.2, -0.15) is 0 Å². The number of para-hydroxylation sites is 1. The van der Waals surface area contributed by atoms with Crippen molar-refractivity contribution in [1.82, 2.24) is 5.32 Å². The summed E-state index contributed by atoms with van der Waals surface area (Å²) in [6, 6.07) is 7.23. The largest absolute Gasteiger partial charge is 0.398 e. The second-order valence-corrected chi connectivity index (χ2v) is 6.35. The molecule has 1 aromatic rings. The maximum atomic E-state index is 12.1. The first-order valence-corrected chi connectivity index (χ1v) is 8.01. The Morgan fingerprint density at radius 1 is 1.26 bits per heavy atom. The van der Waals surface area contributed by atoms with Crippen LogP contribution in [0.15, 0.2) is 29.2 Å². The molecule has 0 saturated heterocycles. The van der Waals surface area contributed by atoms with E-state index in [-0.39, 0.29) is 17.7 Å². The number of nitrogens with one attached hydrogen (secondary N) is 1. The summed E-state index contributed by atoms with van der Waals surface area (Å²) in [5, 5.41) is 2.97. The molecule has 0 radical (unpaired) electrons. The SMILES string of the molecule is Nc1ccccc1S(=O)CC(=O)NC1CCCCC1. The van der Waals surface area contributed by atoms with Gasteiger partial charge in [-0.25, -0.2) is 0 Å². The van der Waals surface area contributed by atoms with Crippen LogP contribution in [0, 0.1) is 0 Å². The Hall–Kier alpha value is -1.36. The molecular weight excluding hydrogens is 260 g/mol. The molecule has 1 fully saturated rings. The molecule has 5 heteroatoms. The van der Waals surface area contributed by atoms with Gasteiger partial charge < -0.3 is 11.1 Å². The summed E-state index contributed by atoms with van der Waals surface area (Å²) < 4.78 is 12.1. The number of hydrogen-bond donors (Lipinski definition) is 2. The minimum Gasteiger partial charge on any atom is -0.398 e. The van der Waals surface area contributed by atoms with Gasteiger partial charge in [0.05, 0.1) is 15.7 Å². The number of nitrogen functional groups attached to an aromatic ring is 1. The summed E-state index contributed by atoms with van der Waals surface area (Å²) >= 11 is 0. The van der Waals surface area contributed by atoms with E-state index in [0.29, 0.717) is 10.6 Å². The van der Waals surface area contributed by atoms with Crippen LogP contribution in [0.25, 0.3) is 0 Å². The van der Waals surface area contributed by atoms with Crippen molar-refractivity contribution in [3.63, 3.8) is 0 Å². The summed E-state index contributed by atoms with van der Waals surface area (Å²) in [6.07, 6.45) is 5.65. The highest BCUT2D eigenvalue weighted by Crippen LogP contribution is 2.18. The van der Waals surface area contributed by atoms with E-state index in [1.807, 2.05) is 0 Å². The summed E-state index contributed by atoms with van der Waals surface area (Å²) in [6.45, 7) is 0. The van der Waals surface area contributed by atoms with Crippen LogP contribution in [0.3, 0.4) is 0 Å². The second-order valence-electron chi connectivity index (χ2n) is 4.93. The smallest absolute Gasteiger partial charge is 0.233 e. The van der Waals surface area contributed by atoms with Crippen LogP contribution < -0.4 is 11.1 Å². The number of hydrogen-bond acceptors (Lipinski definition) is 3. The number of carbonyl (C=O) groups is 1. The molecule has 0 heterocycles. The Balaban J connectivity index is 1.88. The van der Waals surface area contributed by atoms with E-state index in [2.05, 4.69) is 5.32 Å². The fraction of sp³-hybridized carbons (Fsp3) is 0.500. The van der Waals surface area contributed by atoms with Crippen molar-refractivity contribution in [3.8, 4) is 0 Å². The molecule has 2 rings (SSSR count). The molecule has 0 spiro atoms. The van der Waals surface area contributed by atoms with Crippen molar-refractivity contribution < 1.29 is 9.00 Å². The van der Waals surface area contributed by atoms with Crippen LogP contribution in [-0.2, 0) is 15.6 Å². The van der Waals surface area contributed by atoms with Crippen molar-refractivity contribution in [2.75, 3.05) is 11.5 Å². The zero-order chi connectivity index (χ0) is 13.7. The number of carbonyl (C=O) groups excluding carboxylic acids is 1. The molecule has 1 unspecified atom stereocenters. The summed E-state index contributed by atoms with van der Waals surface area (Å²) in [5.41, 5.74) is 6.23. The third-order valence-corrected chi connectivity index (χ3v) is 4.78. The van der Waals surface area contributed by atoms with E-state index < -0.39 is 10.8 Å². The predicted molar refractivity (Wildman–Crippen MR) is 77.1 cm³/mol. The molecule has 1 aliphatic carbocycles. The van der Waals surface area contributed by atoms with E-state index in [1.165, 1.54) is 19.3 Å². The van der Waals surface area contributed by atoms with E-state index in [0.717, 1.165) is 12.8 Å². The number of rotatable bonds is 4. The molecule has 0 aliphatic heterocycles. The Kier molecular flexibility index (Phi) is 4.96.